The van der Waals surface area contributed by atoms with Crippen LogP contribution in [0.15, 0.2) is 36.4 Å². The van der Waals surface area contributed by atoms with Gasteiger partial charge in [0.1, 0.15) is 108 Å². The molecule has 0 aliphatic carbocycles. The molecule has 580 valence electrons. The van der Waals surface area contributed by atoms with E-state index in [0.29, 0.717) is 82.9 Å². The number of hydrogen-bond donors (Lipinski definition) is 6. The number of piperidine rings is 2. The zero-order valence-electron chi connectivity index (χ0n) is 60.6. The smallest absolute Gasteiger partial charge is 0.408 e. The molecule has 34 heteroatoms. The minimum absolute atomic E-state index is 0. The van der Waals surface area contributed by atoms with Gasteiger partial charge in [0.25, 0.3) is 5.91 Å². The van der Waals surface area contributed by atoms with Crippen LogP contribution in [-0.2, 0) is 84.6 Å². The summed E-state index contributed by atoms with van der Waals surface area (Å²) in [5.41, 5.74) is 3.05. The molecule has 0 saturated carbocycles. The molecule has 8 fully saturated rings. The Balaban J connectivity index is 0.000000290. The first-order valence-corrected chi connectivity index (χ1v) is 35.8. The molecule has 2 aromatic carbocycles. The number of nitrogens with one attached hydrogen (secondary N) is 5. The van der Waals surface area contributed by atoms with Gasteiger partial charge in [-0.25, -0.2) is 31.9 Å². The van der Waals surface area contributed by atoms with Crippen LogP contribution < -0.4 is 44.7 Å². The van der Waals surface area contributed by atoms with Crippen LogP contribution in [0.2, 0.25) is 0 Å². The molecule has 8 aliphatic rings. The van der Waals surface area contributed by atoms with Crippen molar-refractivity contribution >= 4 is 89.5 Å². The second-order valence-corrected chi connectivity index (χ2v) is 29.7. The summed E-state index contributed by atoms with van der Waals surface area (Å²) in [7, 11) is 0. The number of carbonyl (C=O) groups is 13. The third kappa shape index (κ3) is 20.4. The number of alkyl carbamates (subject to hydrolysis) is 1. The van der Waals surface area contributed by atoms with Crippen molar-refractivity contribution in [3.63, 3.8) is 0 Å². The summed E-state index contributed by atoms with van der Waals surface area (Å²) in [4.78, 5) is 188. The van der Waals surface area contributed by atoms with Gasteiger partial charge in [-0.3, -0.25) is 47.9 Å². The van der Waals surface area contributed by atoms with Crippen molar-refractivity contribution in [1.82, 2.24) is 56.0 Å². The number of hydrogen-bond acceptors (Lipinski definition) is 16. The van der Waals surface area contributed by atoms with Crippen molar-refractivity contribution in [3.05, 3.63) is 70.8 Å². The summed E-state index contributed by atoms with van der Waals surface area (Å²) in [6.45, 7) is 15.8. The van der Waals surface area contributed by atoms with Crippen molar-refractivity contribution in [2.75, 3.05) is 39.3 Å². The van der Waals surface area contributed by atoms with Crippen molar-refractivity contribution in [3.8, 4) is 0 Å². The van der Waals surface area contributed by atoms with Gasteiger partial charge < -0.3 is 88.3 Å². The SMILES string of the molecule is C[C@H]1C[C@H]2C(=O)O[C@@H](C)[C@H](NC(=O)[C@@H]([NH3+])Cc3cc(F)cc(F)c3)C(=O)N3CCC[C@H]3C(=O)N3CCCC[C@H]3C(=O)N[C@@H](C)C(=O)N2C1.C[C@H]1C[C@H]2C(=O)O[C@@H](C)[C@H](NC(=O)[C@H](Cc3cc(F)cc(F)c3)NC(=O)OC(C)(C)C)C(=O)N3CCC[C@H]3C(=O)N3CCCC[C@H]3C(=O)N[C@@H](C)C(=O)N2C1.Cl.[Cl-]. The van der Waals surface area contributed by atoms with Gasteiger partial charge in [0, 0.05) is 64.2 Å². The van der Waals surface area contributed by atoms with Crippen LogP contribution in [0, 0.1) is 35.1 Å². The molecule has 10 rings (SSSR count). The normalized spacial score (nSPS) is 29.3. The first kappa shape index (κ1) is 83.9. The molecule has 8 N–H and O–H groups in total. The number of esters is 2. The van der Waals surface area contributed by atoms with Gasteiger partial charge in [-0.15, -0.1) is 12.4 Å². The number of cyclic esters (lactones) is 2. The van der Waals surface area contributed by atoms with E-state index in [2.05, 4.69) is 32.3 Å². The summed E-state index contributed by atoms with van der Waals surface area (Å²) in [6.07, 6.45) is 1.29. The second-order valence-electron chi connectivity index (χ2n) is 29.7. The lowest BCUT2D eigenvalue weighted by Crippen LogP contribution is -3.00. The van der Waals surface area contributed by atoms with E-state index in [1.807, 2.05) is 13.8 Å². The topological polar surface area (TPSA) is 357 Å². The van der Waals surface area contributed by atoms with Crippen LogP contribution in [0.4, 0.5) is 22.4 Å². The Morgan fingerprint density at radius 1 is 0.505 bits per heavy atom. The fourth-order valence-corrected chi connectivity index (χ4v) is 15.2. The maximum atomic E-state index is 14.6. The van der Waals surface area contributed by atoms with Gasteiger partial charge in [0.15, 0.2) is 6.04 Å². The molecular weight excluding hydrogens is 1420 g/mol. The number of ether oxygens (including phenoxy) is 3. The monoisotopic (exact) mass is 1520 g/mol. The van der Waals surface area contributed by atoms with Crippen LogP contribution in [0.5, 0.6) is 0 Å². The Morgan fingerprint density at radius 2 is 0.867 bits per heavy atom. The Hall–Kier alpha value is -8.39. The van der Waals surface area contributed by atoms with Crippen LogP contribution in [0.1, 0.15) is 150 Å². The van der Waals surface area contributed by atoms with Gasteiger partial charge >= 0.3 is 18.0 Å². The van der Waals surface area contributed by atoms with E-state index in [0.717, 1.165) is 24.3 Å². The minimum atomic E-state index is -1.62. The number of quaternary nitrogens is 1. The summed E-state index contributed by atoms with van der Waals surface area (Å²) >= 11 is 0. The van der Waals surface area contributed by atoms with Crippen LogP contribution in [-0.4, -0.2) is 236 Å². The quantitative estimate of drug-likeness (QED) is 0.1000. The molecule has 0 unspecified atom stereocenters. The molecule has 0 bridgehead atoms. The number of fused-ring (bicyclic) bond motifs is 6. The van der Waals surface area contributed by atoms with E-state index in [9.17, 15) is 79.9 Å². The highest BCUT2D eigenvalue weighted by molar-refractivity contribution is 6.00. The summed E-state index contributed by atoms with van der Waals surface area (Å²) in [5.74, 6) is -11.2. The second kappa shape index (κ2) is 35.8. The Morgan fingerprint density at radius 3 is 1.27 bits per heavy atom. The van der Waals surface area contributed by atoms with Crippen molar-refractivity contribution in [2.24, 2.45) is 11.8 Å². The number of halogens is 6. The van der Waals surface area contributed by atoms with E-state index in [1.54, 1.807) is 27.7 Å². The summed E-state index contributed by atoms with van der Waals surface area (Å²) in [5, 5.41) is 13.2. The highest BCUT2D eigenvalue weighted by Gasteiger charge is 2.51. The van der Waals surface area contributed by atoms with Gasteiger partial charge in [-0.05, 0) is 173 Å². The van der Waals surface area contributed by atoms with Crippen LogP contribution in [0.25, 0.3) is 0 Å². The zero-order chi connectivity index (χ0) is 75.2. The van der Waals surface area contributed by atoms with E-state index >= 15 is 0 Å². The van der Waals surface area contributed by atoms with Crippen molar-refractivity contribution in [1.29, 1.82) is 0 Å². The molecule has 0 radical (unpaired) electrons. The average Bonchev–Trinajstić information content (AvgIpc) is 1.77. The standard InChI is InChI=1S/C38H52F2N6O9.C33H44F2N6O7.2ClH/c1-20-14-29-36(52)54-22(3)30(43-31(47)26(42-37(53)55-38(4,5)6)17-23-15-24(39)18-25(40)16-23)35(51)45-13-9-11-28(45)34(50)44-12-8-7-10-27(44)32(48)41-21(2)33(49)46(29)19-20;1-17-11-26-33(47)48-19(3)27(38-28(42)23(36)14-20-12-21(34)15-22(35)13-20)32(46)40-10-6-8-25(40)31(45)39-9-5-4-7-24(39)29(43)37-18(2)30(44)41(26)16-17;;/h15-16,18,20-22,26-30H,7-14,17,19H2,1-6H3,(H,41,48)(H,42,53)(H,43,47);12-13,15,17-19,23-27H,4-11,14,16,36H2,1-3H3,(H,37,43)(H,38,42);2*1H/t20-,21-,22-,26-,27-,28-,29-,30-;17-,18-,19-,23-,24-,25-,26-,27-;;/m00../s1. The van der Waals surface area contributed by atoms with Crippen molar-refractivity contribution < 1.29 is 112 Å². The highest BCUT2D eigenvalue weighted by atomic mass is 35.5. The predicted molar refractivity (Wildman–Crippen MR) is 364 cm³/mol. The number of rotatable bonds is 9. The minimum Gasteiger partial charge on any atom is -1.00 e. The molecular formula is C71H98Cl2F4N12O16. The maximum absolute atomic E-state index is 14.6. The Labute approximate surface area is 619 Å². The fraction of sp³-hybridized carbons (Fsp3) is 0.648. The highest BCUT2D eigenvalue weighted by Crippen LogP contribution is 2.32. The molecule has 16 atom stereocenters. The molecule has 28 nitrogen and oxygen atoms in total. The molecule has 8 saturated heterocycles. The number of nitrogens with zero attached hydrogens (tertiary/aromatic N) is 6. The predicted octanol–water partition coefficient (Wildman–Crippen LogP) is -0.968. The van der Waals surface area contributed by atoms with Gasteiger partial charge in [-0.1, -0.05) is 13.8 Å². The third-order valence-electron chi connectivity index (χ3n) is 20.2. The average molecular weight is 1520 g/mol. The number of carbonyl (C=O) groups excluding carboxylic acids is 13. The first-order valence-electron chi connectivity index (χ1n) is 35.8. The molecule has 8 aliphatic heterocycles. The van der Waals surface area contributed by atoms with Crippen LogP contribution in [0.3, 0.4) is 0 Å². The number of benzene rings is 2. The molecule has 2 aromatic rings. The molecule has 105 heavy (non-hydrogen) atoms. The molecule has 0 spiro atoms. The van der Waals surface area contributed by atoms with Crippen LogP contribution >= 0.6 is 12.4 Å². The van der Waals surface area contributed by atoms with Crippen molar-refractivity contribution in [2.45, 2.75) is 243 Å². The van der Waals surface area contributed by atoms with Gasteiger partial charge in [0.2, 0.25) is 53.2 Å². The largest absolute Gasteiger partial charge is 1.00 e. The Bertz CT molecular complexity index is 3580. The maximum Gasteiger partial charge on any atom is 0.408 e. The van der Waals surface area contributed by atoms with E-state index in [4.69, 9.17) is 14.2 Å². The third-order valence-corrected chi connectivity index (χ3v) is 20.2. The lowest BCUT2D eigenvalue weighted by molar-refractivity contribution is -0.403. The molecule has 8 heterocycles. The van der Waals surface area contributed by atoms with E-state index in [-0.39, 0.29) is 99.8 Å². The summed E-state index contributed by atoms with van der Waals surface area (Å²) in [6, 6.07) is -7.85. The Kier molecular flexibility index (Phi) is 28.6. The van der Waals surface area contributed by atoms with E-state index in [1.165, 1.54) is 50.2 Å². The lowest BCUT2D eigenvalue weighted by Gasteiger charge is -2.39. The van der Waals surface area contributed by atoms with E-state index < -0.39 is 197 Å². The zero-order valence-corrected chi connectivity index (χ0v) is 62.1. The number of amides is 11. The molecule has 0 aromatic heterocycles. The molecule has 11 amide bonds. The summed E-state index contributed by atoms with van der Waals surface area (Å²) < 4.78 is 73.0. The lowest BCUT2D eigenvalue weighted by atomic mass is 9.99. The van der Waals surface area contributed by atoms with Gasteiger partial charge in [-0.2, -0.15) is 0 Å². The fourth-order valence-electron chi connectivity index (χ4n) is 15.2. The first-order chi connectivity index (χ1) is 48.6. The van der Waals surface area contributed by atoms with Gasteiger partial charge in [0.05, 0.1) is 0 Å².